The van der Waals surface area contributed by atoms with Gasteiger partial charge in [0.1, 0.15) is 0 Å². The molecule has 1 heterocycles. The molecule has 0 fully saturated rings. The Labute approximate surface area is 372 Å². The van der Waals surface area contributed by atoms with Crippen molar-refractivity contribution >= 4 is 38.9 Å². The minimum Gasteiger partial charge on any atom is -0.310 e. The maximum Gasteiger partial charge on any atom is 0.0581 e. The molecule has 9 aromatic rings. The fourth-order valence-electron chi connectivity index (χ4n) is 12.1. The summed E-state index contributed by atoms with van der Waals surface area (Å²) in [6, 6.07) is 62.5. The van der Waals surface area contributed by atoms with E-state index < -0.39 is 0 Å². The summed E-state index contributed by atoms with van der Waals surface area (Å²) in [6.07, 6.45) is 0. The van der Waals surface area contributed by atoms with E-state index in [9.17, 15) is 0 Å². The molecule has 0 unspecified atom stereocenters. The number of aromatic nitrogens is 1. The van der Waals surface area contributed by atoms with Gasteiger partial charge in [-0.3, -0.25) is 0 Å². The summed E-state index contributed by atoms with van der Waals surface area (Å²) in [6.45, 7) is 21.4. The second-order valence-corrected chi connectivity index (χ2v) is 21.0. The smallest absolute Gasteiger partial charge is 0.0581 e. The molecule has 0 spiro atoms. The van der Waals surface area contributed by atoms with Gasteiger partial charge in [-0.15, -0.1) is 0 Å². The van der Waals surface area contributed by atoms with Crippen molar-refractivity contribution in [1.29, 1.82) is 0 Å². The molecular formula is C61H54N2. The van der Waals surface area contributed by atoms with Crippen molar-refractivity contribution in [2.75, 3.05) is 4.90 Å². The molecule has 0 aliphatic heterocycles. The van der Waals surface area contributed by atoms with Gasteiger partial charge in [-0.05, 0) is 103 Å². The maximum atomic E-state index is 2.63. The molecular weight excluding hydrogens is 761 g/mol. The molecule has 1 aromatic heterocycles. The van der Waals surface area contributed by atoms with Crippen LogP contribution in [0.2, 0.25) is 0 Å². The maximum absolute atomic E-state index is 2.63. The quantitative estimate of drug-likeness (QED) is 0.172. The first kappa shape index (κ1) is 38.1. The van der Waals surface area contributed by atoms with Crippen molar-refractivity contribution in [3.05, 3.63) is 203 Å². The van der Waals surface area contributed by atoms with Gasteiger partial charge in [0.25, 0.3) is 0 Å². The third-order valence-electron chi connectivity index (χ3n) is 15.3. The van der Waals surface area contributed by atoms with Crippen LogP contribution in [0.15, 0.2) is 164 Å². The summed E-state index contributed by atoms with van der Waals surface area (Å²) >= 11 is 0. The van der Waals surface area contributed by atoms with Crippen molar-refractivity contribution in [3.63, 3.8) is 0 Å². The van der Waals surface area contributed by atoms with E-state index >= 15 is 0 Å². The van der Waals surface area contributed by atoms with Crippen LogP contribution in [0.25, 0.3) is 60.9 Å². The minimum atomic E-state index is -0.141. The Morgan fingerprint density at radius 2 is 0.905 bits per heavy atom. The van der Waals surface area contributed by atoms with E-state index in [1.54, 1.807) is 0 Å². The van der Waals surface area contributed by atoms with Crippen molar-refractivity contribution in [2.24, 2.45) is 0 Å². The molecule has 0 bridgehead atoms. The SMILES string of the molecule is CC(C)(C)c1ccc2c(c1-n1c3ccccc3c3ccc(N(c4ccc5c(c4)C(C)(C)c4ccccc4-5)c4cccc5c4-c4ccccc4C5(C)C)cc31)-c1ccccc1C2(C)C. The lowest BCUT2D eigenvalue weighted by Crippen LogP contribution is -2.19. The average molecular weight is 815 g/mol. The van der Waals surface area contributed by atoms with Crippen LogP contribution in [0.1, 0.15) is 101 Å². The predicted octanol–water partition coefficient (Wildman–Crippen LogP) is 16.5. The summed E-state index contributed by atoms with van der Waals surface area (Å²) < 4.78 is 2.63. The van der Waals surface area contributed by atoms with Crippen LogP contribution in [-0.4, -0.2) is 4.57 Å². The zero-order valence-corrected chi connectivity index (χ0v) is 38.0. The lowest BCUT2D eigenvalue weighted by molar-refractivity contribution is 0.586. The Bertz CT molecular complexity index is 3420. The monoisotopic (exact) mass is 814 g/mol. The Hall–Kier alpha value is -6.64. The van der Waals surface area contributed by atoms with Crippen LogP contribution in [0, 0.1) is 0 Å². The predicted molar refractivity (Wildman–Crippen MR) is 267 cm³/mol. The van der Waals surface area contributed by atoms with Gasteiger partial charge in [0.15, 0.2) is 0 Å². The zero-order chi connectivity index (χ0) is 43.4. The van der Waals surface area contributed by atoms with Crippen molar-refractivity contribution in [1.82, 2.24) is 4.57 Å². The third-order valence-corrected chi connectivity index (χ3v) is 15.3. The van der Waals surface area contributed by atoms with Gasteiger partial charge in [-0.25, -0.2) is 0 Å². The number of hydrogen-bond donors (Lipinski definition) is 0. The second-order valence-electron chi connectivity index (χ2n) is 21.0. The van der Waals surface area contributed by atoms with E-state index in [2.05, 4.69) is 236 Å². The Balaban J connectivity index is 1.18. The number of hydrogen-bond acceptors (Lipinski definition) is 1. The molecule has 0 N–H and O–H groups in total. The second kappa shape index (κ2) is 12.7. The van der Waals surface area contributed by atoms with Crippen LogP contribution in [-0.2, 0) is 21.7 Å². The minimum absolute atomic E-state index is 0.118. The Morgan fingerprint density at radius 1 is 0.397 bits per heavy atom. The Morgan fingerprint density at radius 3 is 1.60 bits per heavy atom. The molecule has 0 atom stereocenters. The number of para-hydroxylation sites is 1. The Kier molecular flexibility index (Phi) is 7.69. The summed E-state index contributed by atoms with van der Waals surface area (Å²) in [5.74, 6) is 0. The first-order chi connectivity index (χ1) is 30.2. The fourth-order valence-corrected chi connectivity index (χ4v) is 12.1. The summed E-state index contributed by atoms with van der Waals surface area (Å²) in [5.41, 5.74) is 24.3. The van der Waals surface area contributed by atoms with Crippen molar-refractivity contribution in [3.8, 4) is 39.1 Å². The van der Waals surface area contributed by atoms with E-state index in [1.165, 1.54) is 111 Å². The molecule has 0 saturated heterocycles. The lowest BCUT2D eigenvalue weighted by atomic mass is 9.79. The van der Waals surface area contributed by atoms with Crippen LogP contribution >= 0.6 is 0 Å². The van der Waals surface area contributed by atoms with Crippen LogP contribution in [0.4, 0.5) is 17.1 Å². The zero-order valence-electron chi connectivity index (χ0n) is 38.0. The molecule has 0 saturated carbocycles. The van der Waals surface area contributed by atoms with Gasteiger partial charge in [0.2, 0.25) is 0 Å². The molecule has 3 aliphatic carbocycles. The molecule has 308 valence electrons. The highest BCUT2D eigenvalue weighted by atomic mass is 15.1. The summed E-state index contributed by atoms with van der Waals surface area (Å²) in [7, 11) is 0. The molecule has 63 heavy (non-hydrogen) atoms. The molecule has 3 aliphatic rings. The standard InChI is InChI=1S/C61H54N2/c1-58(2,3)50-34-33-49-56(44-22-12-16-25-47(44)60(49,6)7)57(50)63-52-27-17-13-20-41(52)42-32-30-38(36-54(42)63)62(37-29-31-40-39-19-10-14-23-45(39)61(8,9)51(40)35-37)53-28-18-26-48-55(53)43-21-11-15-24-46(43)59(48,4)5/h10-36H,1-9H3. The topological polar surface area (TPSA) is 8.17 Å². The highest BCUT2D eigenvalue weighted by molar-refractivity contribution is 6.12. The van der Waals surface area contributed by atoms with Crippen molar-refractivity contribution in [2.45, 2.75) is 84.0 Å². The van der Waals surface area contributed by atoms with Gasteiger partial charge in [-0.1, -0.05) is 190 Å². The van der Waals surface area contributed by atoms with E-state index in [0.717, 1.165) is 5.69 Å². The number of benzene rings is 8. The van der Waals surface area contributed by atoms with E-state index in [1.807, 2.05) is 0 Å². The highest BCUT2D eigenvalue weighted by Gasteiger charge is 2.41. The fraction of sp³-hybridized carbons (Fsp3) is 0.213. The van der Waals surface area contributed by atoms with E-state index in [0.29, 0.717) is 0 Å². The molecule has 0 amide bonds. The molecule has 2 heteroatoms. The van der Waals surface area contributed by atoms with Crippen LogP contribution in [0.5, 0.6) is 0 Å². The highest BCUT2D eigenvalue weighted by Crippen LogP contribution is 2.57. The summed E-state index contributed by atoms with van der Waals surface area (Å²) in [4.78, 5) is 2.57. The van der Waals surface area contributed by atoms with Gasteiger partial charge in [-0.2, -0.15) is 0 Å². The molecule has 12 rings (SSSR count). The van der Waals surface area contributed by atoms with Gasteiger partial charge in [0.05, 0.1) is 22.4 Å². The number of anilines is 3. The van der Waals surface area contributed by atoms with Crippen LogP contribution in [0.3, 0.4) is 0 Å². The van der Waals surface area contributed by atoms with E-state index in [-0.39, 0.29) is 21.7 Å². The largest absolute Gasteiger partial charge is 0.310 e. The molecule has 0 radical (unpaired) electrons. The first-order valence-corrected chi connectivity index (χ1v) is 22.8. The molecule has 8 aromatic carbocycles. The van der Waals surface area contributed by atoms with Gasteiger partial charge >= 0.3 is 0 Å². The normalized spacial score (nSPS) is 15.8. The number of fused-ring (bicyclic) bond motifs is 12. The van der Waals surface area contributed by atoms with Crippen LogP contribution < -0.4 is 4.90 Å². The summed E-state index contributed by atoms with van der Waals surface area (Å²) in [5, 5.41) is 2.52. The average Bonchev–Trinajstić information content (AvgIpc) is 3.90. The molecule has 2 nitrogen and oxygen atoms in total. The number of rotatable bonds is 4. The third kappa shape index (κ3) is 5.07. The lowest BCUT2D eigenvalue weighted by Gasteiger charge is -2.31. The number of nitrogens with zero attached hydrogens (tertiary/aromatic N) is 2. The van der Waals surface area contributed by atoms with Gasteiger partial charge in [0, 0.05) is 49.5 Å². The first-order valence-electron chi connectivity index (χ1n) is 22.8. The van der Waals surface area contributed by atoms with Crippen molar-refractivity contribution < 1.29 is 0 Å². The van der Waals surface area contributed by atoms with E-state index in [4.69, 9.17) is 0 Å². The van der Waals surface area contributed by atoms with Gasteiger partial charge < -0.3 is 9.47 Å².